The second-order valence-electron chi connectivity index (χ2n) is 9.81. The van der Waals surface area contributed by atoms with E-state index in [4.69, 9.17) is 18.9 Å². The number of H-pyrrole nitrogens is 1. The van der Waals surface area contributed by atoms with Gasteiger partial charge < -0.3 is 29.0 Å². The van der Waals surface area contributed by atoms with Crippen LogP contribution >= 0.6 is 0 Å². The van der Waals surface area contributed by atoms with E-state index in [9.17, 15) is 14.7 Å². The van der Waals surface area contributed by atoms with Crippen LogP contribution in [-0.2, 0) is 15.1 Å². The molecule has 0 radical (unpaired) electrons. The van der Waals surface area contributed by atoms with Gasteiger partial charge in [-0.2, -0.15) is 0 Å². The number of nitrogens with one attached hydrogen (secondary N) is 1. The normalized spacial score (nSPS) is 18.2. The molecule has 1 saturated heterocycles. The molecule has 216 valence electrons. The van der Waals surface area contributed by atoms with Gasteiger partial charge in [-0.15, -0.1) is 5.92 Å². The highest BCUT2D eigenvalue weighted by Gasteiger charge is 2.42. The van der Waals surface area contributed by atoms with Crippen LogP contribution in [0.5, 0.6) is 11.5 Å². The molecule has 1 fully saturated rings. The van der Waals surface area contributed by atoms with Crippen molar-refractivity contribution in [3.8, 4) is 23.3 Å². The lowest BCUT2D eigenvalue weighted by Crippen LogP contribution is -2.40. The van der Waals surface area contributed by atoms with Crippen molar-refractivity contribution in [2.24, 2.45) is 0 Å². The van der Waals surface area contributed by atoms with Gasteiger partial charge in [0, 0.05) is 12.6 Å². The Kier molecular flexibility index (Phi) is 8.59. The Hall–Kier alpha value is -4.62. The largest absolute Gasteiger partial charge is 0.497 e. The third-order valence-electron chi connectivity index (χ3n) is 7.40. The van der Waals surface area contributed by atoms with Gasteiger partial charge in [-0.1, -0.05) is 60.5 Å². The summed E-state index contributed by atoms with van der Waals surface area (Å²) in [4.78, 5) is 28.1. The van der Waals surface area contributed by atoms with Gasteiger partial charge in [0.25, 0.3) is 5.56 Å². The number of hydrogen-bond donors (Lipinski definition) is 2. The van der Waals surface area contributed by atoms with Crippen molar-refractivity contribution in [3.63, 3.8) is 0 Å². The number of methoxy groups -OCH3 is 2. The Labute approximate surface area is 243 Å². The van der Waals surface area contributed by atoms with E-state index in [2.05, 4.69) is 16.8 Å². The second-order valence-corrected chi connectivity index (χ2v) is 9.81. The summed E-state index contributed by atoms with van der Waals surface area (Å²) in [6.07, 6.45) is -1.51. The lowest BCUT2D eigenvalue weighted by molar-refractivity contribution is -0.0949. The standard InChI is InChI=1S/C33H32N2O7/c1-4-8-22-20-34-32(38)35(31(22)37)30-19-28(36)29(42-30)21-41-33(23-9-6-5-7-10-23,24-11-15-26(39-2)16-12-24)25-13-17-27(40-3)18-14-25/h5-7,9-18,20,28-30,36H,19,21H2,1-3H3,(H,34,38)/t28-,29-,30-/m1/s1. The van der Waals surface area contributed by atoms with E-state index in [-0.39, 0.29) is 18.6 Å². The number of ether oxygens (including phenoxy) is 4. The Bertz CT molecular complexity index is 1640. The van der Waals surface area contributed by atoms with Crippen molar-refractivity contribution in [2.45, 2.75) is 37.4 Å². The van der Waals surface area contributed by atoms with Crippen LogP contribution in [0.4, 0.5) is 0 Å². The van der Waals surface area contributed by atoms with Gasteiger partial charge in [0.15, 0.2) is 0 Å². The number of nitrogens with zero attached hydrogens (tertiary/aromatic N) is 1. The first-order valence-electron chi connectivity index (χ1n) is 13.5. The summed E-state index contributed by atoms with van der Waals surface area (Å²) in [6.45, 7) is 1.55. The van der Waals surface area contributed by atoms with Crippen molar-refractivity contribution in [2.75, 3.05) is 20.8 Å². The summed E-state index contributed by atoms with van der Waals surface area (Å²) in [5.74, 6) is 6.74. The Morgan fingerprint density at radius 2 is 1.50 bits per heavy atom. The van der Waals surface area contributed by atoms with Gasteiger partial charge in [0.1, 0.15) is 35.0 Å². The van der Waals surface area contributed by atoms with Gasteiger partial charge in [0.05, 0.1) is 26.9 Å². The number of hydrogen-bond acceptors (Lipinski definition) is 7. The van der Waals surface area contributed by atoms with E-state index in [1.807, 2.05) is 78.9 Å². The summed E-state index contributed by atoms with van der Waals surface area (Å²) in [5.41, 5.74) is 0.285. The first kappa shape index (κ1) is 28.9. The number of rotatable bonds is 9. The molecule has 0 saturated carbocycles. The zero-order chi connectivity index (χ0) is 29.7. The van der Waals surface area contributed by atoms with Crippen molar-refractivity contribution < 1.29 is 24.1 Å². The maximum atomic E-state index is 13.0. The number of aliphatic hydroxyl groups is 1. The fourth-order valence-corrected chi connectivity index (χ4v) is 5.28. The summed E-state index contributed by atoms with van der Waals surface area (Å²) in [7, 11) is 3.21. The quantitative estimate of drug-likeness (QED) is 0.235. The molecule has 0 unspecified atom stereocenters. The molecule has 42 heavy (non-hydrogen) atoms. The smallest absolute Gasteiger partial charge is 0.330 e. The molecular formula is C33H32N2O7. The maximum Gasteiger partial charge on any atom is 0.330 e. The van der Waals surface area contributed by atoms with E-state index in [0.29, 0.717) is 11.5 Å². The zero-order valence-corrected chi connectivity index (χ0v) is 23.6. The lowest BCUT2D eigenvalue weighted by atomic mass is 9.80. The molecule has 0 bridgehead atoms. The van der Waals surface area contributed by atoms with Crippen LogP contribution < -0.4 is 20.7 Å². The molecule has 0 aliphatic carbocycles. The first-order valence-corrected chi connectivity index (χ1v) is 13.5. The summed E-state index contributed by atoms with van der Waals surface area (Å²) < 4.78 is 24.7. The fraction of sp³-hybridized carbons (Fsp3) is 0.273. The van der Waals surface area contributed by atoms with E-state index < -0.39 is 35.3 Å². The maximum absolute atomic E-state index is 13.0. The van der Waals surface area contributed by atoms with Gasteiger partial charge in [0.2, 0.25) is 0 Å². The average molecular weight is 569 g/mol. The Balaban J connectivity index is 1.54. The van der Waals surface area contributed by atoms with Gasteiger partial charge in [-0.3, -0.25) is 4.79 Å². The number of benzene rings is 3. The van der Waals surface area contributed by atoms with Crippen LogP contribution in [0.1, 0.15) is 41.8 Å². The molecule has 4 aromatic rings. The summed E-state index contributed by atoms with van der Waals surface area (Å²) in [5, 5.41) is 11.0. The summed E-state index contributed by atoms with van der Waals surface area (Å²) in [6, 6.07) is 24.9. The monoisotopic (exact) mass is 568 g/mol. The Morgan fingerprint density at radius 3 is 2.05 bits per heavy atom. The molecule has 1 aliphatic rings. The van der Waals surface area contributed by atoms with Crippen LogP contribution in [0.15, 0.2) is 94.6 Å². The van der Waals surface area contributed by atoms with E-state index in [1.165, 1.54) is 6.20 Å². The molecule has 2 N–H and O–H groups in total. The number of aromatic amines is 1. The van der Waals surface area contributed by atoms with Crippen LogP contribution in [0, 0.1) is 11.8 Å². The van der Waals surface area contributed by atoms with E-state index in [1.54, 1.807) is 21.1 Å². The molecular weight excluding hydrogens is 536 g/mol. The molecule has 1 aliphatic heterocycles. The first-order chi connectivity index (χ1) is 20.4. The van der Waals surface area contributed by atoms with Crippen LogP contribution in [0.25, 0.3) is 0 Å². The van der Waals surface area contributed by atoms with E-state index in [0.717, 1.165) is 21.3 Å². The van der Waals surface area contributed by atoms with Crippen LogP contribution in [0.2, 0.25) is 0 Å². The van der Waals surface area contributed by atoms with Gasteiger partial charge in [-0.05, 0) is 47.9 Å². The molecule has 0 amide bonds. The SMILES string of the molecule is CC#Cc1c[nH]c(=O)n([C@H]2C[C@@H](O)[C@@H](COC(c3ccccc3)(c3ccc(OC)cc3)c3ccc(OC)cc3)O2)c1=O. The summed E-state index contributed by atoms with van der Waals surface area (Å²) >= 11 is 0. The highest BCUT2D eigenvalue weighted by atomic mass is 16.6. The zero-order valence-electron chi connectivity index (χ0n) is 23.6. The predicted octanol–water partition coefficient (Wildman–Crippen LogP) is 3.58. The van der Waals surface area contributed by atoms with Crippen LogP contribution in [0.3, 0.4) is 0 Å². The molecule has 2 heterocycles. The molecule has 1 aromatic heterocycles. The van der Waals surface area contributed by atoms with Crippen molar-refractivity contribution in [1.29, 1.82) is 0 Å². The molecule has 3 aromatic carbocycles. The van der Waals surface area contributed by atoms with Crippen LogP contribution in [-0.4, -0.2) is 47.7 Å². The second kappa shape index (κ2) is 12.5. The molecule has 9 nitrogen and oxygen atoms in total. The molecule has 3 atom stereocenters. The third kappa shape index (κ3) is 5.48. The van der Waals surface area contributed by atoms with Gasteiger partial charge >= 0.3 is 5.69 Å². The van der Waals surface area contributed by atoms with Crippen molar-refractivity contribution >= 4 is 0 Å². The van der Waals surface area contributed by atoms with E-state index >= 15 is 0 Å². The highest BCUT2D eigenvalue weighted by Crippen LogP contribution is 2.42. The molecule has 9 heteroatoms. The minimum Gasteiger partial charge on any atom is -0.497 e. The fourth-order valence-electron chi connectivity index (χ4n) is 5.28. The lowest BCUT2D eigenvalue weighted by Gasteiger charge is -2.37. The highest BCUT2D eigenvalue weighted by molar-refractivity contribution is 5.49. The van der Waals surface area contributed by atoms with Crippen molar-refractivity contribution in [1.82, 2.24) is 9.55 Å². The predicted molar refractivity (Wildman–Crippen MR) is 157 cm³/mol. The minimum absolute atomic E-state index is 0.0312. The molecule has 0 spiro atoms. The average Bonchev–Trinajstić information content (AvgIpc) is 3.39. The number of aromatic nitrogens is 2. The topological polar surface area (TPSA) is 112 Å². The third-order valence-corrected chi connectivity index (χ3v) is 7.40. The Morgan fingerprint density at radius 1 is 0.929 bits per heavy atom. The minimum atomic E-state index is -1.12. The van der Waals surface area contributed by atoms with Gasteiger partial charge in [-0.25, -0.2) is 9.36 Å². The molecule has 5 rings (SSSR count). The number of aliphatic hydroxyl groups excluding tert-OH is 1. The van der Waals surface area contributed by atoms with Crippen molar-refractivity contribution in [3.05, 3.63) is 128 Å².